The van der Waals surface area contributed by atoms with Crippen LogP contribution in [0.15, 0.2) is 49.3 Å². The van der Waals surface area contributed by atoms with Crippen LogP contribution in [0.25, 0.3) is 0 Å². The van der Waals surface area contributed by atoms with Crippen LogP contribution in [0, 0.1) is 17.7 Å². The van der Waals surface area contributed by atoms with Crippen molar-refractivity contribution in [3.8, 4) is 0 Å². The van der Waals surface area contributed by atoms with E-state index in [0.29, 0.717) is 43.3 Å². The third kappa shape index (κ3) is 7.28. The van der Waals surface area contributed by atoms with Gasteiger partial charge in [-0.05, 0) is 56.2 Å². The predicted octanol–water partition coefficient (Wildman–Crippen LogP) is 4.38. The molecular weight excluding hydrogens is 555 g/mol. The fourth-order valence-electron chi connectivity index (χ4n) is 6.13. The van der Waals surface area contributed by atoms with Gasteiger partial charge in [0.2, 0.25) is 15.9 Å². The first kappa shape index (κ1) is 30.6. The average molecular weight is 593 g/mol. The minimum atomic E-state index is -3.44. The highest BCUT2D eigenvalue weighted by Crippen LogP contribution is 2.39. The van der Waals surface area contributed by atoms with Crippen molar-refractivity contribution in [2.45, 2.75) is 50.6 Å². The molecule has 0 spiro atoms. The van der Waals surface area contributed by atoms with Crippen molar-refractivity contribution in [2.24, 2.45) is 11.8 Å². The summed E-state index contributed by atoms with van der Waals surface area (Å²) in [5.41, 5.74) is 1.56. The molecule has 2 N–H and O–H groups in total. The number of aromatic nitrogens is 1. The second-order valence-corrected chi connectivity index (χ2v) is 13.0. The van der Waals surface area contributed by atoms with E-state index in [9.17, 15) is 13.2 Å². The maximum atomic E-state index is 15.1. The van der Waals surface area contributed by atoms with E-state index in [-0.39, 0.29) is 41.9 Å². The second-order valence-electron chi connectivity index (χ2n) is 10.7. The smallest absolute Gasteiger partial charge is 0.231 e. The summed E-state index contributed by atoms with van der Waals surface area (Å²) in [7, 11) is -3.44. The fourth-order valence-corrected chi connectivity index (χ4v) is 7.70. The van der Waals surface area contributed by atoms with Crippen LogP contribution in [0.4, 0.5) is 10.1 Å². The summed E-state index contributed by atoms with van der Waals surface area (Å²) in [5, 5.41) is 6.80. The maximum absolute atomic E-state index is 15.1. The summed E-state index contributed by atoms with van der Waals surface area (Å²) in [5.74, 6) is -1.42. The molecule has 3 heterocycles. The largest absolute Gasteiger partial charge is 0.381 e. The predicted molar refractivity (Wildman–Crippen MR) is 155 cm³/mol. The Morgan fingerprint density at radius 2 is 1.98 bits per heavy atom. The number of hydrogen-bond donors (Lipinski definition) is 2. The van der Waals surface area contributed by atoms with E-state index in [1.54, 1.807) is 6.08 Å². The van der Waals surface area contributed by atoms with Crippen molar-refractivity contribution < 1.29 is 22.3 Å². The minimum Gasteiger partial charge on any atom is -0.381 e. The van der Waals surface area contributed by atoms with Gasteiger partial charge in [0.25, 0.3) is 0 Å². The van der Waals surface area contributed by atoms with Crippen molar-refractivity contribution in [3.05, 3.63) is 71.3 Å². The lowest BCUT2D eigenvalue weighted by Gasteiger charge is -2.39. The van der Waals surface area contributed by atoms with E-state index >= 15 is 4.39 Å². The van der Waals surface area contributed by atoms with Gasteiger partial charge in [0, 0.05) is 54.9 Å². The van der Waals surface area contributed by atoms with Crippen LogP contribution in [-0.4, -0.2) is 68.3 Å². The fraction of sp³-hybridized carbons (Fsp3) is 0.517. The van der Waals surface area contributed by atoms with Crippen LogP contribution in [-0.2, 0) is 26.0 Å². The van der Waals surface area contributed by atoms with Gasteiger partial charge < -0.3 is 15.4 Å². The molecule has 0 bridgehead atoms. The van der Waals surface area contributed by atoms with E-state index in [4.69, 9.17) is 16.3 Å². The van der Waals surface area contributed by atoms with Crippen molar-refractivity contribution >= 4 is 33.2 Å². The van der Waals surface area contributed by atoms with Crippen LogP contribution >= 0.6 is 11.6 Å². The molecule has 1 aromatic heterocycles. The molecule has 0 saturated carbocycles. The van der Waals surface area contributed by atoms with E-state index in [1.807, 2.05) is 31.2 Å². The number of halogens is 2. The lowest BCUT2D eigenvalue weighted by Crippen LogP contribution is -2.58. The number of anilines is 1. The zero-order valence-electron chi connectivity index (χ0n) is 23.0. The number of nitrogens with one attached hydrogen (secondary N) is 2. The number of carbonyl (C=O) groups excluding carboxylic acids is 1. The SMILES string of the molecule is C=CC(C(=O)Nc1cncc(F)c1CCC1CNCC(C)N1S(C)(=O)=O)C(c1ccc(Cl)cc1)C1CCOCC1. The molecule has 11 heteroatoms. The molecular formula is C29H38ClFN4O4S. The van der Waals surface area contributed by atoms with Gasteiger partial charge in [0.05, 0.1) is 30.3 Å². The Hall–Kier alpha value is -2.37. The molecule has 218 valence electrons. The zero-order chi connectivity index (χ0) is 28.9. The zero-order valence-corrected chi connectivity index (χ0v) is 24.6. The number of amides is 1. The third-order valence-electron chi connectivity index (χ3n) is 7.96. The molecule has 8 nitrogen and oxygen atoms in total. The first-order valence-electron chi connectivity index (χ1n) is 13.7. The molecule has 1 amide bonds. The van der Waals surface area contributed by atoms with Gasteiger partial charge in [-0.1, -0.05) is 29.8 Å². The van der Waals surface area contributed by atoms with Gasteiger partial charge in [-0.25, -0.2) is 12.8 Å². The number of hydrogen-bond acceptors (Lipinski definition) is 6. The standard InChI is InChI=1S/C29H38ClFN4O4S/c1-4-24(28(21-11-13-39-14-12-21)20-5-7-22(30)8-6-20)29(36)34-27-18-33-17-26(31)25(27)10-9-23-16-32-15-19(2)35(23)40(3,37)38/h4-8,17-19,21,23-24,28,32H,1,9-16H2,2-3H3,(H,34,36). The van der Waals surface area contributed by atoms with Crippen LogP contribution < -0.4 is 10.6 Å². The molecule has 0 aliphatic carbocycles. The van der Waals surface area contributed by atoms with E-state index in [2.05, 4.69) is 22.2 Å². The summed E-state index contributed by atoms with van der Waals surface area (Å²) in [4.78, 5) is 17.8. The summed E-state index contributed by atoms with van der Waals surface area (Å²) < 4.78 is 47.1. The Kier molecular flexibility index (Phi) is 10.3. The Balaban J connectivity index is 1.57. The molecule has 2 fully saturated rings. The Morgan fingerprint density at radius 1 is 1.27 bits per heavy atom. The Bertz CT molecular complexity index is 1290. The Morgan fingerprint density at radius 3 is 2.62 bits per heavy atom. The van der Waals surface area contributed by atoms with Crippen molar-refractivity contribution in [2.75, 3.05) is 37.9 Å². The van der Waals surface area contributed by atoms with Gasteiger partial charge in [-0.15, -0.1) is 6.58 Å². The van der Waals surface area contributed by atoms with Crippen molar-refractivity contribution in [1.29, 1.82) is 0 Å². The summed E-state index contributed by atoms with van der Waals surface area (Å²) >= 11 is 6.14. The number of ether oxygens (including phenoxy) is 1. The molecule has 40 heavy (non-hydrogen) atoms. The van der Waals surface area contributed by atoms with Gasteiger partial charge in [-0.3, -0.25) is 9.78 Å². The average Bonchev–Trinajstić information content (AvgIpc) is 2.91. The minimum absolute atomic E-state index is 0.165. The molecule has 4 unspecified atom stereocenters. The number of rotatable bonds is 10. The van der Waals surface area contributed by atoms with Crippen LogP contribution in [0.3, 0.4) is 0 Å². The molecule has 2 aromatic rings. The molecule has 4 atom stereocenters. The normalized spacial score (nSPS) is 22.4. The first-order valence-corrected chi connectivity index (χ1v) is 15.9. The van der Waals surface area contributed by atoms with E-state index in [0.717, 1.165) is 24.6 Å². The summed E-state index contributed by atoms with van der Waals surface area (Å²) in [6.07, 6.45) is 7.64. The van der Waals surface area contributed by atoms with Crippen LogP contribution in [0.2, 0.25) is 5.02 Å². The number of nitrogens with zero attached hydrogens (tertiary/aromatic N) is 2. The van der Waals surface area contributed by atoms with Gasteiger partial charge in [0.15, 0.2) is 0 Å². The van der Waals surface area contributed by atoms with Gasteiger partial charge in [0.1, 0.15) is 5.82 Å². The monoisotopic (exact) mass is 592 g/mol. The topological polar surface area (TPSA) is 101 Å². The van der Waals surface area contributed by atoms with E-state index < -0.39 is 21.8 Å². The van der Waals surface area contributed by atoms with Crippen LogP contribution in [0.1, 0.15) is 43.2 Å². The summed E-state index contributed by atoms with van der Waals surface area (Å²) in [6.45, 7) is 8.10. The second kappa shape index (κ2) is 13.5. The van der Waals surface area contributed by atoms with Crippen molar-refractivity contribution in [3.63, 3.8) is 0 Å². The van der Waals surface area contributed by atoms with Crippen molar-refractivity contribution in [1.82, 2.24) is 14.6 Å². The molecule has 2 saturated heterocycles. The number of carbonyl (C=O) groups is 1. The Labute approximate surface area is 241 Å². The summed E-state index contributed by atoms with van der Waals surface area (Å²) in [6, 6.07) is 6.97. The maximum Gasteiger partial charge on any atom is 0.231 e. The third-order valence-corrected chi connectivity index (χ3v) is 9.64. The highest BCUT2D eigenvalue weighted by molar-refractivity contribution is 7.88. The van der Waals surface area contributed by atoms with Gasteiger partial charge >= 0.3 is 0 Å². The number of pyridine rings is 1. The lowest BCUT2D eigenvalue weighted by molar-refractivity contribution is -0.119. The lowest BCUT2D eigenvalue weighted by atomic mass is 9.73. The number of benzene rings is 1. The molecule has 2 aliphatic heterocycles. The number of piperazine rings is 1. The van der Waals surface area contributed by atoms with Crippen LogP contribution in [0.5, 0.6) is 0 Å². The quantitative estimate of drug-likeness (QED) is 0.397. The van der Waals surface area contributed by atoms with Gasteiger partial charge in [-0.2, -0.15) is 4.31 Å². The highest BCUT2D eigenvalue weighted by atomic mass is 35.5. The first-order chi connectivity index (χ1) is 19.1. The highest BCUT2D eigenvalue weighted by Gasteiger charge is 2.36. The molecule has 2 aliphatic rings. The number of sulfonamides is 1. The molecule has 0 radical (unpaired) electrons. The van der Waals surface area contributed by atoms with E-state index in [1.165, 1.54) is 16.8 Å². The molecule has 4 rings (SSSR count). The molecule has 1 aromatic carbocycles.